The average molecular weight is 392 g/mol. The van der Waals surface area contributed by atoms with Crippen LogP contribution in [0.15, 0.2) is 36.4 Å². The Balaban J connectivity index is 2.08. The Labute approximate surface area is 165 Å². The third kappa shape index (κ3) is 5.30. The van der Waals surface area contributed by atoms with Crippen LogP contribution in [0, 0.1) is 6.92 Å². The minimum absolute atomic E-state index is 0.157. The summed E-state index contributed by atoms with van der Waals surface area (Å²) in [5, 5.41) is 3.70. The fourth-order valence-electron chi connectivity index (χ4n) is 2.73. The Bertz CT molecular complexity index is 794. The first-order valence-electron chi connectivity index (χ1n) is 8.84. The topological polar surface area (TPSA) is 56.8 Å². The molecule has 0 aliphatic heterocycles. The number of hydrogen-bond donors (Lipinski definition) is 1. The Morgan fingerprint density at radius 1 is 1.11 bits per heavy atom. The first-order chi connectivity index (χ1) is 12.9. The molecule has 27 heavy (non-hydrogen) atoms. The van der Waals surface area contributed by atoms with E-state index in [1.54, 1.807) is 33.3 Å². The van der Waals surface area contributed by atoms with Crippen molar-refractivity contribution >= 4 is 17.5 Å². The van der Waals surface area contributed by atoms with E-state index in [2.05, 4.69) is 5.32 Å². The molecule has 1 amide bonds. The lowest BCUT2D eigenvalue weighted by Crippen LogP contribution is -2.38. The molecule has 2 atom stereocenters. The lowest BCUT2D eigenvalue weighted by atomic mass is 10.0. The quantitative estimate of drug-likeness (QED) is 0.708. The van der Waals surface area contributed by atoms with Crippen LogP contribution in [0.25, 0.3) is 0 Å². The van der Waals surface area contributed by atoms with Gasteiger partial charge >= 0.3 is 0 Å². The van der Waals surface area contributed by atoms with Crippen molar-refractivity contribution in [2.45, 2.75) is 39.3 Å². The van der Waals surface area contributed by atoms with E-state index in [1.165, 1.54) is 0 Å². The predicted molar refractivity (Wildman–Crippen MR) is 107 cm³/mol. The van der Waals surface area contributed by atoms with Crippen molar-refractivity contribution in [1.29, 1.82) is 0 Å². The average Bonchev–Trinajstić information content (AvgIpc) is 2.68. The summed E-state index contributed by atoms with van der Waals surface area (Å²) in [5.74, 6) is 1.70. The summed E-state index contributed by atoms with van der Waals surface area (Å²) in [4.78, 5) is 12.6. The van der Waals surface area contributed by atoms with Crippen molar-refractivity contribution in [3.63, 3.8) is 0 Å². The zero-order valence-electron chi connectivity index (χ0n) is 16.3. The van der Waals surface area contributed by atoms with Gasteiger partial charge in [0.25, 0.3) is 5.91 Å². The van der Waals surface area contributed by atoms with Crippen molar-refractivity contribution in [2.75, 3.05) is 14.2 Å². The van der Waals surface area contributed by atoms with Crippen molar-refractivity contribution in [1.82, 2.24) is 5.32 Å². The van der Waals surface area contributed by atoms with Crippen LogP contribution in [0.5, 0.6) is 17.2 Å². The Hall–Kier alpha value is -2.40. The van der Waals surface area contributed by atoms with Crippen molar-refractivity contribution < 1.29 is 19.0 Å². The zero-order chi connectivity index (χ0) is 20.0. The SMILES string of the molecule is CC[C@H](NC(=O)[C@@H](C)Oc1ccc(Cl)c(C)c1)c1ccc(OC)c(OC)c1. The van der Waals surface area contributed by atoms with Gasteiger partial charge < -0.3 is 19.5 Å². The zero-order valence-corrected chi connectivity index (χ0v) is 17.1. The number of methoxy groups -OCH3 is 2. The number of ether oxygens (including phenoxy) is 3. The first-order valence-corrected chi connectivity index (χ1v) is 9.22. The number of hydrogen-bond acceptors (Lipinski definition) is 4. The number of halogens is 1. The van der Waals surface area contributed by atoms with E-state index in [1.807, 2.05) is 38.1 Å². The van der Waals surface area contributed by atoms with E-state index in [0.29, 0.717) is 22.3 Å². The second-order valence-corrected chi connectivity index (χ2v) is 6.66. The smallest absolute Gasteiger partial charge is 0.261 e. The predicted octanol–water partition coefficient (Wildman–Crippen LogP) is 4.70. The van der Waals surface area contributed by atoms with Crippen LogP contribution in [0.4, 0.5) is 0 Å². The molecule has 2 rings (SSSR count). The van der Waals surface area contributed by atoms with Gasteiger partial charge in [-0.25, -0.2) is 0 Å². The molecule has 1 N–H and O–H groups in total. The maximum Gasteiger partial charge on any atom is 0.261 e. The molecular weight excluding hydrogens is 366 g/mol. The molecule has 0 fully saturated rings. The number of aryl methyl sites for hydroxylation is 1. The Kier molecular flexibility index (Phi) is 7.36. The summed E-state index contributed by atoms with van der Waals surface area (Å²) in [5.41, 5.74) is 1.84. The first kappa shape index (κ1) is 20.9. The van der Waals surface area contributed by atoms with E-state index in [4.69, 9.17) is 25.8 Å². The lowest BCUT2D eigenvalue weighted by molar-refractivity contribution is -0.128. The minimum atomic E-state index is -0.639. The Morgan fingerprint density at radius 2 is 1.81 bits per heavy atom. The number of rotatable bonds is 8. The number of benzene rings is 2. The number of carbonyl (C=O) groups excluding carboxylic acids is 1. The minimum Gasteiger partial charge on any atom is -0.493 e. The molecule has 0 aliphatic carbocycles. The highest BCUT2D eigenvalue weighted by Gasteiger charge is 2.20. The van der Waals surface area contributed by atoms with Gasteiger partial charge in [0.1, 0.15) is 5.75 Å². The number of carbonyl (C=O) groups is 1. The van der Waals surface area contributed by atoms with Crippen LogP contribution < -0.4 is 19.5 Å². The molecule has 0 saturated heterocycles. The van der Waals surface area contributed by atoms with Gasteiger partial charge in [0.05, 0.1) is 20.3 Å². The van der Waals surface area contributed by atoms with Crippen molar-refractivity contribution in [2.24, 2.45) is 0 Å². The van der Waals surface area contributed by atoms with E-state index >= 15 is 0 Å². The van der Waals surface area contributed by atoms with Crippen LogP contribution in [0.2, 0.25) is 5.02 Å². The number of amides is 1. The summed E-state index contributed by atoms with van der Waals surface area (Å²) >= 11 is 6.03. The lowest BCUT2D eigenvalue weighted by Gasteiger charge is -2.22. The van der Waals surface area contributed by atoms with E-state index in [9.17, 15) is 4.79 Å². The molecule has 5 nitrogen and oxygen atoms in total. The molecule has 0 aliphatic rings. The van der Waals surface area contributed by atoms with Crippen LogP contribution >= 0.6 is 11.6 Å². The fraction of sp³-hybridized carbons (Fsp3) is 0.381. The molecule has 0 saturated carbocycles. The number of nitrogens with one attached hydrogen (secondary N) is 1. The molecule has 2 aromatic carbocycles. The molecule has 6 heteroatoms. The van der Waals surface area contributed by atoms with Gasteiger partial charge in [-0.1, -0.05) is 24.6 Å². The molecular formula is C21H26ClNO4. The summed E-state index contributed by atoms with van der Waals surface area (Å²) < 4.78 is 16.4. The van der Waals surface area contributed by atoms with Gasteiger partial charge in [0.15, 0.2) is 17.6 Å². The van der Waals surface area contributed by atoms with E-state index < -0.39 is 6.10 Å². The standard InChI is InChI=1S/C21H26ClNO4/c1-6-18(15-7-10-19(25-4)20(12-15)26-5)23-21(24)14(3)27-16-8-9-17(22)13(2)11-16/h7-12,14,18H,6H2,1-5H3,(H,23,24)/t14-,18+/m1/s1. The largest absolute Gasteiger partial charge is 0.493 e. The molecule has 0 heterocycles. The van der Waals surface area contributed by atoms with Gasteiger partial charge in [0, 0.05) is 5.02 Å². The summed E-state index contributed by atoms with van der Waals surface area (Å²) in [6, 6.07) is 10.8. The summed E-state index contributed by atoms with van der Waals surface area (Å²) in [6.07, 6.45) is 0.0911. The van der Waals surface area contributed by atoms with Gasteiger partial charge in [-0.2, -0.15) is 0 Å². The van der Waals surface area contributed by atoms with Gasteiger partial charge in [0.2, 0.25) is 0 Å². The van der Waals surface area contributed by atoms with Crippen molar-refractivity contribution in [3.8, 4) is 17.2 Å². The maximum atomic E-state index is 12.6. The second kappa shape index (κ2) is 9.51. The van der Waals surface area contributed by atoms with E-state index in [-0.39, 0.29) is 11.9 Å². The van der Waals surface area contributed by atoms with Gasteiger partial charge in [-0.05, 0) is 61.7 Å². The second-order valence-electron chi connectivity index (χ2n) is 6.25. The molecule has 0 unspecified atom stereocenters. The fourth-order valence-corrected chi connectivity index (χ4v) is 2.85. The highest BCUT2D eigenvalue weighted by molar-refractivity contribution is 6.31. The molecule has 0 bridgehead atoms. The molecule has 146 valence electrons. The van der Waals surface area contributed by atoms with Crippen LogP contribution in [0.3, 0.4) is 0 Å². The van der Waals surface area contributed by atoms with Crippen molar-refractivity contribution in [3.05, 3.63) is 52.5 Å². The Morgan fingerprint density at radius 3 is 2.41 bits per heavy atom. The highest BCUT2D eigenvalue weighted by atomic mass is 35.5. The van der Waals surface area contributed by atoms with Gasteiger partial charge in [-0.3, -0.25) is 4.79 Å². The molecule has 0 spiro atoms. The summed E-state index contributed by atoms with van der Waals surface area (Å²) in [6.45, 7) is 5.63. The summed E-state index contributed by atoms with van der Waals surface area (Å²) in [7, 11) is 3.18. The van der Waals surface area contributed by atoms with E-state index in [0.717, 1.165) is 17.5 Å². The third-order valence-corrected chi connectivity index (χ3v) is 4.77. The monoisotopic (exact) mass is 391 g/mol. The van der Waals surface area contributed by atoms with Crippen LogP contribution in [0.1, 0.15) is 37.4 Å². The molecule has 2 aromatic rings. The van der Waals surface area contributed by atoms with Crippen LogP contribution in [-0.2, 0) is 4.79 Å². The van der Waals surface area contributed by atoms with Gasteiger partial charge in [-0.15, -0.1) is 0 Å². The maximum absolute atomic E-state index is 12.6. The third-order valence-electron chi connectivity index (χ3n) is 4.35. The van der Waals surface area contributed by atoms with Crippen LogP contribution in [-0.4, -0.2) is 26.2 Å². The normalized spacial score (nSPS) is 12.8. The highest BCUT2D eigenvalue weighted by Crippen LogP contribution is 2.31. The molecule has 0 aromatic heterocycles. The molecule has 0 radical (unpaired) electrons.